The number of nitrogens with one attached hydrogen (secondary N) is 1. The molecule has 0 radical (unpaired) electrons. The minimum Gasteiger partial charge on any atom is -0.354 e. The summed E-state index contributed by atoms with van der Waals surface area (Å²) in [7, 11) is 0. The molecule has 0 rings (SSSR count). The highest BCUT2D eigenvalue weighted by Gasteiger charge is 2.16. The third kappa shape index (κ3) is 5.48. The first-order valence-electron chi connectivity index (χ1n) is 5.40. The first-order chi connectivity index (χ1) is 6.49. The lowest BCUT2D eigenvalue weighted by molar-refractivity contribution is -0.125. The summed E-state index contributed by atoms with van der Waals surface area (Å²) in [5.41, 5.74) is 0. The van der Waals surface area contributed by atoms with Gasteiger partial charge in [-0.2, -0.15) is 0 Å². The summed E-state index contributed by atoms with van der Waals surface area (Å²) in [6.07, 6.45) is 2.02. The van der Waals surface area contributed by atoms with E-state index in [-0.39, 0.29) is 17.2 Å². The number of rotatable bonds is 6. The summed E-state index contributed by atoms with van der Waals surface area (Å²) in [5, 5.41) is 2.95. The van der Waals surface area contributed by atoms with E-state index in [4.69, 9.17) is 11.6 Å². The van der Waals surface area contributed by atoms with Crippen molar-refractivity contribution in [2.75, 3.05) is 6.54 Å². The zero-order valence-electron chi connectivity index (χ0n) is 9.64. The Kier molecular flexibility index (Phi) is 6.98. The molecular weight excluding hydrogens is 198 g/mol. The van der Waals surface area contributed by atoms with Gasteiger partial charge in [-0.1, -0.05) is 34.1 Å². The fourth-order valence-corrected chi connectivity index (χ4v) is 1.39. The second-order valence-corrected chi connectivity index (χ2v) is 4.78. The molecule has 0 saturated heterocycles. The molecular formula is C11H22ClNO. The van der Waals surface area contributed by atoms with Crippen molar-refractivity contribution < 1.29 is 4.79 Å². The highest BCUT2D eigenvalue weighted by molar-refractivity contribution is 6.20. The maximum Gasteiger partial charge on any atom is 0.223 e. The normalized spacial score (nSPS) is 15.3. The molecule has 0 saturated carbocycles. The van der Waals surface area contributed by atoms with E-state index in [1.807, 2.05) is 6.92 Å². The Morgan fingerprint density at radius 1 is 1.36 bits per heavy atom. The van der Waals surface area contributed by atoms with Crippen molar-refractivity contribution in [1.29, 1.82) is 0 Å². The van der Waals surface area contributed by atoms with E-state index < -0.39 is 0 Å². The summed E-state index contributed by atoms with van der Waals surface area (Å²) in [6.45, 7) is 8.73. The van der Waals surface area contributed by atoms with Crippen molar-refractivity contribution in [3.05, 3.63) is 0 Å². The molecule has 2 unspecified atom stereocenters. The van der Waals surface area contributed by atoms with Gasteiger partial charge in [0.1, 0.15) is 0 Å². The van der Waals surface area contributed by atoms with Gasteiger partial charge >= 0.3 is 0 Å². The van der Waals surface area contributed by atoms with Crippen LogP contribution in [0.15, 0.2) is 0 Å². The predicted octanol–water partition coefficient (Wildman–Crippen LogP) is 2.80. The molecule has 14 heavy (non-hydrogen) atoms. The molecule has 0 aliphatic carbocycles. The molecule has 84 valence electrons. The van der Waals surface area contributed by atoms with Crippen LogP contribution in [0.5, 0.6) is 0 Å². The quantitative estimate of drug-likeness (QED) is 0.684. The van der Waals surface area contributed by atoms with Crippen LogP contribution in [-0.4, -0.2) is 17.8 Å². The molecule has 0 aromatic heterocycles. The van der Waals surface area contributed by atoms with Gasteiger partial charge in [-0.05, 0) is 12.3 Å². The maximum absolute atomic E-state index is 11.5. The van der Waals surface area contributed by atoms with Crippen LogP contribution in [0.2, 0.25) is 0 Å². The van der Waals surface area contributed by atoms with Crippen LogP contribution >= 0.6 is 11.6 Å². The van der Waals surface area contributed by atoms with Gasteiger partial charge in [0.15, 0.2) is 0 Å². The van der Waals surface area contributed by atoms with E-state index in [9.17, 15) is 4.79 Å². The third-order valence-corrected chi connectivity index (χ3v) is 2.89. The van der Waals surface area contributed by atoms with Crippen LogP contribution in [0.3, 0.4) is 0 Å². The van der Waals surface area contributed by atoms with Crippen LogP contribution in [-0.2, 0) is 4.79 Å². The van der Waals surface area contributed by atoms with Crippen molar-refractivity contribution >= 4 is 17.5 Å². The molecule has 0 fully saturated rings. The number of amides is 1. The molecule has 0 bridgehead atoms. The number of alkyl halides is 1. The van der Waals surface area contributed by atoms with Crippen LogP contribution in [0.25, 0.3) is 0 Å². The van der Waals surface area contributed by atoms with Crippen molar-refractivity contribution in [3.63, 3.8) is 0 Å². The van der Waals surface area contributed by atoms with E-state index in [1.165, 1.54) is 0 Å². The second-order valence-electron chi connectivity index (χ2n) is 4.16. The van der Waals surface area contributed by atoms with E-state index in [0.717, 1.165) is 12.8 Å². The van der Waals surface area contributed by atoms with Gasteiger partial charge in [-0.3, -0.25) is 4.79 Å². The first kappa shape index (κ1) is 13.8. The molecule has 0 spiro atoms. The van der Waals surface area contributed by atoms with Crippen LogP contribution in [0, 0.1) is 11.8 Å². The first-order valence-corrected chi connectivity index (χ1v) is 5.84. The van der Waals surface area contributed by atoms with Crippen molar-refractivity contribution in [2.45, 2.75) is 45.9 Å². The molecule has 2 atom stereocenters. The molecule has 2 nitrogen and oxygen atoms in total. The molecule has 1 amide bonds. The number of carbonyl (C=O) groups is 1. The van der Waals surface area contributed by atoms with Gasteiger partial charge in [0.05, 0.1) is 5.38 Å². The zero-order chi connectivity index (χ0) is 11.1. The van der Waals surface area contributed by atoms with Gasteiger partial charge < -0.3 is 5.32 Å². The summed E-state index contributed by atoms with van der Waals surface area (Å²) in [6, 6.07) is 0. The average molecular weight is 220 g/mol. The minimum atomic E-state index is 0.0699. The van der Waals surface area contributed by atoms with E-state index in [0.29, 0.717) is 12.5 Å². The minimum absolute atomic E-state index is 0.0699. The van der Waals surface area contributed by atoms with Crippen LogP contribution < -0.4 is 5.32 Å². The van der Waals surface area contributed by atoms with E-state index in [1.54, 1.807) is 0 Å². The molecule has 3 heteroatoms. The molecule has 1 N–H and O–H groups in total. The topological polar surface area (TPSA) is 29.1 Å². The lowest BCUT2D eigenvalue weighted by Crippen LogP contribution is -2.35. The Bertz CT molecular complexity index is 171. The molecule has 0 aromatic carbocycles. The number of halogens is 1. The van der Waals surface area contributed by atoms with E-state index >= 15 is 0 Å². The number of carbonyl (C=O) groups excluding carboxylic acids is 1. The number of hydrogen-bond donors (Lipinski definition) is 1. The van der Waals surface area contributed by atoms with Crippen molar-refractivity contribution in [1.82, 2.24) is 5.32 Å². The lowest BCUT2D eigenvalue weighted by atomic mass is 9.97. The second kappa shape index (κ2) is 7.10. The van der Waals surface area contributed by atoms with Crippen molar-refractivity contribution in [3.8, 4) is 0 Å². The smallest absolute Gasteiger partial charge is 0.223 e. The highest BCUT2D eigenvalue weighted by Crippen LogP contribution is 2.10. The Morgan fingerprint density at radius 3 is 2.36 bits per heavy atom. The summed E-state index contributed by atoms with van der Waals surface area (Å²) in [4.78, 5) is 11.5. The Labute approximate surface area is 92.4 Å². The summed E-state index contributed by atoms with van der Waals surface area (Å²) < 4.78 is 0. The maximum atomic E-state index is 11.5. The molecule has 0 aromatic rings. The Balaban J connectivity index is 3.73. The number of hydrogen-bond acceptors (Lipinski definition) is 1. The van der Waals surface area contributed by atoms with E-state index in [2.05, 4.69) is 26.1 Å². The fraction of sp³-hybridized carbons (Fsp3) is 0.909. The fourth-order valence-electron chi connectivity index (χ4n) is 1.09. The van der Waals surface area contributed by atoms with Gasteiger partial charge in [-0.25, -0.2) is 0 Å². The molecule has 0 aliphatic heterocycles. The summed E-state index contributed by atoms with van der Waals surface area (Å²) in [5.74, 6) is 0.567. The van der Waals surface area contributed by atoms with Gasteiger partial charge in [0.25, 0.3) is 0 Å². The molecule has 0 aliphatic rings. The van der Waals surface area contributed by atoms with Gasteiger partial charge in [0.2, 0.25) is 5.91 Å². The lowest BCUT2D eigenvalue weighted by Gasteiger charge is -2.16. The highest BCUT2D eigenvalue weighted by atomic mass is 35.5. The standard InChI is InChI=1S/C11H22ClNO/c1-5-6-10(12)7-13-11(14)9(4)8(2)3/h8-10H,5-7H2,1-4H3,(H,13,14). The SMILES string of the molecule is CCCC(Cl)CNC(=O)C(C)C(C)C. The predicted molar refractivity (Wildman–Crippen MR) is 61.6 cm³/mol. The molecule has 0 heterocycles. The Hall–Kier alpha value is -0.240. The Morgan fingerprint density at radius 2 is 1.93 bits per heavy atom. The zero-order valence-corrected chi connectivity index (χ0v) is 10.4. The average Bonchev–Trinajstić information content (AvgIpc) is 2.13. The third-order valence-electron chi connectivity index (χ3n) is 2.51. The monoisotopic (exact) mass is 219 g/mol. The van der Waals surface area contributed by atoms with Gasteiger partial charge in [-0.15, -0.1) is 11.6 Å². The van der Waals surface area contributed by atoms with Gasteiger partial charge in [0, 0.05) is 12.5 Å². The van der Waals surface area contributed by atoms with Crippen LogP contribution in [0.1, 0.15) is 40.5 Å². The largest absolute Gasteiger partial charge is 0.354 e. The van der Waals surface area contributed by atoms with Crippen molar-refractivity contribution in [2.24, 2.45) is 11.8 Å². The van der Waals surface area contributed by atoms with Crippen LogP contribution in [0.4, 0.5) is 0 Å². The summed E-state index contributed by atoms with van der Waals surface area (Å²) >= 11 is 5.99.